The molecular weight excluding hydrogens is 292 g/mol. The van der Waals surface area contributed by atoms with Gasteiger partial charge >= 0.3 is 12.0 Å². The SMILES string of the molecule is CC(C(=O)O)C1CN(C(=O)N(C)Cc2ccccc2Cl)C1. The predicted octanol–water partition coefficient (Wildman–Crippen LogP) is 2.54. The number of benzene rings is 1. The van der Waals surface area contributed by atoms with Gasteiger partial charge in [0, 0.05) is 37.6 Å². The fourth-order valence-corrected chi connectivity index (χ4v) is 2.57. The summed E-state index contributed by atoms with van der Waals surface area (Å²) in [5.74, 6) is -1.18. The van der Waals surface area contributed by atoms with Crippen molar-refractivity contribution >= 4 is 23.6 Å². The summed E-state index contributed by atoms with van der Waals surface area (Å²) >= 11 is 6.08. The second-order valence-corrected chi connectivity index (χ2v) is 5.93. The highest BCUT2D eigenvalue weighted by Gasteiger charge is 2.38. The molecule has 1 fully saturated rings. The van der Waals surface area contributed by atoms with Crippen LogP contribution in [0.5, 0.6) is 0 Å². The number of halogens is 1. The minimum Gasteiger partial charge on any atom is -0.481 e. The van der Waals surface area contributed by atoms with Crippen LogP contribution in [0.4, 0.5) is 4.79 Å². The molecule has 1 aromatic carbocycles. The van der Waals surface area contributed by atoms with Crippen molar-refractivity contribution in [2.24, 2.45) is 11.8 Å². The largest absolute Gasteiger partial charge is 0.481 e. The summed E-state index contributed by atoms with van der Waals surface area (Å²) < 4.78 is 0. The van der Waals surface area contributed by atoms with Gasteiger partial charge in [-0.15, -0.1) is 0 Å². The highest BCUT2D eigenvalue weighted by Crippen LogP contribution is 2.25. The van der Waals surface area contributed by atoms with Crippen molar-refractivity contribution < 1.29 is 14.7 Å². The fraction of sp³-hybridized carbons (Fsp3) is 0.467. The van der Waals surface area contributed by atoms with Crippen LogP contribution in [0, 0.1) is 11.8 Å². The van der Waals surface area contributed by atoms with Gasteiger partial charge in [0.15, 0.2) is 0 Å². The quantitative estimate of drug-likeness (QED) is 0.929. The number of carboxylic acids is 1. The molecule has 1 aliphatic heterocycles. The normalized spacial score (nSPS) is 16.2. The Morgan fingerprint density at radius 3 is 2.62 bits per heavy atom. The van der Waals surface area contributed by atoms with Gasteiger partial charge in [-0.1, -0.05) is 36.7 Å². The molecule has 0 spiro atoms. The molecule has 1 saturated heterocycles. The minimum atomic E-state index is -0.809. The van der Waals surface area contributed by atoms with Crippen molar-refractivity contribution in [3.63, 3.8) is 0 Å². The van der Waals surface area contributed by atoms with E-state index in [0.717, 1.165) is 5.56 Å². The van der Waals surface area contributed by atoms with E-state index in [0.29, 0.717) is 24.7 Å². The van der Waals surface area contributed by atoms with E-state index < -0.39 is 11.9 Å². The van der Waals surface area contributed by atoms with Crippen LogP contribution in [-0.4, -0.2) is 47.0 Å². The Balaban J connectivity index is 1.88. The molecule has 1 heterocycles. The van der Waals surface area contributed by atoms with Crippen molar-refractivity contribution in [3.8, 4) is 0 Å². The Morgan fingerprint density at radius 1 is 1.43 bits per heavy atom. The van der Waals surface area contributed by atoms with Gasteiger partial charge in [0.1, 0.15) is 0 Å². The second-order valence-electron chi connectivity index (χ2n) is 5.52. The molecule has 0 aromatic heterocycles. The first-order chi connectivity index (χ1) is 9.90. The lowest BCUT2D eigenvalue weighted by Crippen LogP contribution is -2.56. The van der Waals surface area contributed by atoms with E-state index in [9.17, 15) is 9.59 Å². The fourth-order valence-electron chi connectivity index (χ4n) is 2.38. The molecule has 1 aliphatic rings. The molecule has 6 heteroatoms. The lowest BCUT2D eigenvalue weighted by atomic mass is 9.87. The summed E-state index contributed by atoms with van der Waals surface area (Å²) in [5.41, 5.74) is 0.894. The highest BCUT2D eigenvalue weighted by molar-refractivity contribution is 6.31. The van der Waals surface area contributed by atoms with Gasteiger partial charge in [-0.2, -0.15) is 0 Å². The maximum absolute atomic E-state index is 12.2. The summed E-state index contributed by atoms with van der Waals surface area (Å²) in [4.78, 5) is 26.4. The molecule has 5 nitrogen and oxygen atoms in total. The molecule has 0 aliphatic carbocycles. The number of hydrogen-bond acceptors (Lipinski definition) is 2. The zero-order valence-electron chi connectivity index (χ0n) is 12.1. The van der Waals surface area contributed by atoms with Crippen molar-refractivity contribution in [1.82, 2.24) is 9.80 Å². The monoisotopic (exact) mass is 310 g/mol. The minimum absolute atomic E-state index is 0.0418. The Morgan fingerprint density at radius 2 is 2.05 bits per heavy atom. The second kappa shape index (κ2) is 6.35. The number of hydrogen-bond donors (Lipinski definition) is 1. The number of urea groups is 1. The van der Waals surface area contributed by atoms with Crippen molar-refractivity contribution in [1.29, 1.82) is 0 Å². The standard InChI is InChI=1S/C15H19ClN2O3/c1-10(14(19)20)12-8-18(9-12)15(21)17(2)7-11-5-3-4-6-13(11)16/h3-6,10,12H,7-9H2,1-2H3,(H,19,20). The molecule has 114 valence electrons. The van der Waals surface area contributed by atoms with Gasteiger partial charge in [-0.3, -0.25) is 4.79 Å². The first-order valence-electron chi connectivity index (χ1n) is 6.86. The van der Waals surface area contributed by atoms with E-state index in [1.807, 2.05) is 18.2 Å². The first-order valence-corrected chi connectivity index (χ1v) is 7.24. The molecule has 2 amide bonds. The summed E-state index contributed by atoms with van der Waals surface area (Å²) in [6, 6.07) is 7.32. The predicted molar refractivity (Wildman–Crippen MR) is 80.2 cm³/mol. The molecule has 1 atom stereocenters. The van der Waals surface area contributed by atoms with Gasteiger partial charge in [-0.25, -0.2) is 4.79 Å². The van der Waals surface area contributed by atoms with Gasteiger partial charge in [-0.05, 0) is 11.6 Å². The smallest absolute Gasteiger partial charge is 0.320 e. The third-order valence-electron chi connectivity index (χ3n) is 3.97. The van der Waals surface area contributed by atoms with Crippen molar-refractivity contribution in [2.75, 3.05) is 20.1 Å². The van der Waals surface area contributed by atoms with Gasteiger partial charge in [0.2, 0.25) is 0 Å². The summed E-state index contributed by atoms with van der Waals surface area (Å²) in [6.07, 6.45) is 0. The number of carbonyl (C=O) groups is 2. The average molecular weight is 311 g/mol. The lowest BCUT2D eigenvalue weighted by Gasteiger charge is -2.42. The van der Waals surface area contributed by atoms with Crippen LogP contribution in [0.1, 0.15) is 12.5 Å². The number of aliphatic carboxylic acids is 1. The summed E-state index contributed by atoms with van der Waals surface area (Å²) in [5, 5.41) is 9.59. The van der Waals surface area contributed by atoms with Crippen molar-refractivity contribution in [2.45, 2.75) is 13.5 Å². The molecule has 1 aromatic rings. The maximum atomic E-state index is 12.2. The number of likely N-dealkylation sites (tertiary alicyclic amines) is 1. The van der Waals surface area contributed by atoms with Crippen LogP contribution in [0.25, 0.3) is 0 Å². The van der Waals surface area contributed by atoms with Crippen molar-refractivity contribution in [3.05, 3.63) is 34.9 Å². The molecular formula is C15H19ClN2O3. The number of carbonyl (C=O) groups excluding carboxylic acids is 1. The summed E-state index contributed by atoms with van der Waals surface area (Å²) in [7, 11) is 1.72. The Kier molecular flexibility index (Phi) is 4.73. The third-order valence-corrected chi connectivity index (χ3v) is 4.34. The topological polar surface area (TPSA) is 60.9 Å². The van der Waals surface area contributed by atoms with Crippen LogP contribution in [0.15, 0.2) is 24.3 Å². The van der Waals surface area contributed by atoms with Crippen LogP contribution < -0.4 is 0 Å². The third kappa shape index (κ3) is 3.47. The molecule has 2 rings (SSSR count). The zero-order chi connectivity index (χ0) is 15.6. The van der Waals surface area contributed by atoms with E-state index >= 15 is 0 Å². The van der Waals surface area contributed by atoms with E-state index in [2.05, 4.69) is 0 Å². The lowest BCUT2D eigenvalue weighted by molar-refractivity contribution is -0.144. The molecule has 0 radical (unpaired) electrons. The van der Waals surface area contributed by atoms with Crippen LogP contribution >= 0.6 is 11.6 Å². The Labute approximate surface area is 129 Å². The van der Waals surface area contributed by atoms with Gasteiger partial charge < -0.3 is 14.9 Å². The molecule has 0 bridgehead atoms. The van der Waals surface area contributed by atoms with Crippen LogP contribution in [0.2, 0.25) is 5.02 Å². The zero-order valence-corrected chi connectivity index (χ0v) is 12.9. The maximum Gasteiger partial charge on any atom is 0.320 e. The van der Waals surface area contributed by atoms with E-state index in [-0.39, 0.29) is 11.9 Å². The number of carboxylic acid groups (broad SMARTS) is 1. The number of rotatable bonds is 4. The van der Waals surface area contributed by atoms with Gasteiger partial charge in [0.25, 0.3) is 0 Å². The Hall–Kier alpha value is -1.75. The molecule has 0 saturated carbocycles. The average Bonchev–Trinajstić information content (AvgIpc) is 2.39. The first kappa shape index (κ1) is 15.6. The summed E-state index contributed by atoms with van der Waals surface area (Å²) in [6.45, 7) is 3.12. The van der Waals surface area contributed by atoms with E-state index in [4.69, 9.17) is 16.7 Å². The number of nitrogens with zero attached hydrogens (tertiary/aromatic N) is 2. The number of amides is 2. The highest BCUT2D eigenvalue weighted by atomic mass is 35.5. The molecule has 1 N–H and O–H groups in total. The molecule has 21 heavy (non-hydrogen) atoms. The van der Waals surface area contributed by atoms with E-state index in [1.165, 1.54) is 0 Å². The van der Waals surface area contributed by atoms with E-state index in [1.54, 1.807) is 29.8 Å². The van der Waals surface area contributed by atoms with Crippen LogP contribution in [0.3, 0.4) is 0 Å². The Bertz CT molecular complexity index is 543. The van der Waals surface area contributed by atoms with Gasteiger partial charge in [0.05, 0.1) is 5.92 Å². The van der Waals surface area contributed by atoms with Crippen LogP contribution in [-0.2, 0) is 11.3 Å². The molecule has 1 unspecified atom stereocenters.